The monoisotopic (exact) mass is 82.0 g/mol. The van der Waals surface area contributed by atoms with Crippen molar-refractivity contribution in [3.05, 3.63) is 24.2 Å². The highest BCUT2D eigenvalue weighted by Crippen LogP contribution is 2.28. The van der Waals surface area contributed by atoms with E-state index in [1.165, 1.54) is 0 Å². The molecule has 0 aromatic heterocycles. The molecule has 0 unspecified atom stereocenters. The first-order valence-corrected chi connectivity index (χ1v) is 1.88. The molecule has 1 aliphatic rings. The van der Waals surface area contributed by atoms with Crippen LogP contribution in [0.2, 0.25) is 0 Å². The summed E-state index contributed by atoms with van der Waals surface area (Å²) in [7, 11) is 0. The van der Waals surface area contributed by atoms with E-state index < -0.39 is 0 Å². The fraction of sp³-hybridized carbons (Fsp3) is 0.200. The van der Waals surface area contributed by atoms with Gasteiger partial charge >= 0.3 is 0 Å². The SMILES string of the molecule is C=C1O/C1=C/C. The third-order valence-corrected chi connectivity index (χ3v) is 0.729. The first-order valence-electron chi connectivity index (χ1n) is 1.88. The molecule has 1 rings (SSSR count). The molecule has 1 aliphatic heterocycles. The molecule has 0 radical (unpaired) electrons. The van der Waals surface area contributed by atoms with Crippen LogP contribution in [0.15, 0.2) is 24.2 Å². The number of hydrogen-bond acceptors (Lipinski definition) is 1. The van der Waals surface area contributed by atoms with Crippen LogP contribution in [0, 0.1) is 0 Å². The van der Waals surface area contributed by atoms with Crippen molar-refractivity contribution in [2.45, 2.75) is 6.92 Å². The minimum Gasteiger partial charge on any atom is -0.451 e. The molecule has 1 heteroatoms. The normalized spacial score (nSPS) is 24.2. The molecular formula is C5H6O. The highest BCUT2D eigenvalue weighted by atomic mass is 16.6. The standard InChI is InChI=1S/C5H6O/c1-3-5-4(2)6-5/h3H,2H2,1H3/b5-3+. The average Bonchev–Trinajstić information content (AvgIpc) is 2.19. The largest absolute Gasteiger partial charge is 0.451 e. The molecule has 0 amide bonds. The van der Waals surface area contributed by atoms with E-state index in [0.29, 0.717) is 0 Å². The molecule has 1 saturated heterocycles. The molecular weight excluding hydrogens is 76.1 g/mol. The molecule has 0 N–H and O–H groups in total. The molecule has 0 saturated carbocycles. The van der Waals surface area contributed by atoms with E-state index in [0.717, 1.165) is 11.5 Å². The van der Waals surface area contributed by atoms with Gasteiger partial charge in [-0.3, -0.25) is 0 Å². The highest BCUT2D eigenvalue weighted by Gasteiger charge is 2.18. The van der Waals surface area contributed by atoms with E-state index >= 15 is 0 Å². The second-order valence-corrected chi connectivity index (χ2v) is 1.18. The van der Waals surface area contributed by atoms with Crippen LogP contribution >= 0.6 is 0 Å². The summed E-state index contributed by atoms with van der Waals surface area (Å²) >= 11 is 0. The van der Waals surface area contributed by atoms with Gasteiger partial charge in [0.05, 0.1) is 0 Å². The van der Waals surface area contributed by atoms with E-state index in [4.69, 9.17) is 4.74 Å². The Kier molecular flexibility index (Phi) is 0.502. The topological polar surface area (TPSA) is 12.5 Å². The first-order chi connectivity index (χ1) is 2.84. The van der Waals surface area contributed by atoms with Crippen LogP contribution in [0.3, 0.4) is 0 Å². The zero-order valence-electron chi connectivity index (χ0n) is 3.69. The zero-order chi connectivity index (χ0) is 4.57. The van der Waals surface area contributed by atoms with E-state index in [1.54, 1.807) is 0 Å². The van der Waals surface area contributed by atoms with Gasteiger partial charge in [0, 0.05) is 0 Å². The predicted molar refractivity (Wildman–Crippen MR) is 24.0 cm³/mol. The Morgan fingerprint density at radius 2 is 2.33 bits per heavy atom. The maximum absolute atomic E-state index is 4.73. The second-order valence-electron chi connectivity index (χ2n) is 1.18. The van der Waals surface area contributed by atoms with Crippen LogP contribution in [-0.2, 0) is 4.74 Å². The van der Waals surface area contributed by atoms with Crippen LogP contribution in [0.5, 0.6) is 0 Å². The second kappa shape index (κ2) is 0.869. The maximum Gasteiger partial charge on any atom is 0.165 e. The van der Waals surface area contributed by atoms with Crippen molar-refractivity contribution >= 4 is 0 Å². The minimum absolute atomic E-state index is 0.817. The van der Waals surface area contributed by atoms with E-state index in [9.17, 15) is 0 Å². The third kappa shape index (κ3) is 0.322. The van der Waals surface area contributed by atoms with E-state index in [-0.39, 0.29) is 0 Å². The van der Waals surface area contributed by atoms with Gasteiger partial charge in [0.2, 0.25) is 0 Å². The van der Waals surface area contributed by atoms with E-state index in [1.807, 2.05) is 13.0 Å². The van der Waals surface area contributed by atoms with Crippen molar-refractivity contribution in [1.82, 2.24) is 0 Å². The number of hydrogen-bond donors (Lipinski definition) is 0. The lowest BCUT2D eigenvalue weighted by molar-refractivity contribution is 0.555. The van der Waals surface area contributed by atoms with Gasteiger partial charge in [0.25, 0.3) is 0 Å². The maximum atomic E-state index is 4.73. The summed E-state index contributed by atoms with van der Waals surface area (Å²) in [4.78, 5) is 0. The summed E-state index contributed by atoms with van der Waals surface area (Å²) in [6, 6.07) is 0. The van der Waals surface area contributed by atoms with Gasteiger partial charge in [-0.1, -0.05) is 6.58 Å². The molecule has 0 atom stereocenters. The number of allylic oxidation sites excluding steroid dienone is 1. The molecule has 32 valence electrons. The zero-order valence-corrected chi connectivity index (χ0v) is 3.69. The van der Waals surface area contributed by atoms with Gasteiger partial charge in [0.15, 0.2) is 11.5 Å². The van der Waals surface area contributed by atoms with Crippen LogP contribution in [-0.4, -0.2) is 0 Å². The summed E-state index contributed by atoms with van der Waals surface area (Å²) in [6.07, 6.45) is 1.89. The van der Waals surface area contributed by atoms with Crippen LogP contribution < -0.4 is 0 Å². The Hall–Kier alpha value is -0.720. The van der Waals surface area contributed by atoms with Crippen molar-refractivity contribution in [1.29, 1.82) is 0 Å². The Labute approximate surface area is 36.9 Å². The molecule has 1 heterocycles. The van der Waals surface area contributed by atoms with Crippen molar-refractivity contribution in [3.8, 4) is 0 Å². The summed E-state index contributed by atoms with van der Waals surface area (Å²) < 4.78 is 4.73. The van der Waals surface area contributed by atoms with Gasteiger partial charge in [-0.25, -0.2) is 0 Å². The van der Waals surface area contributed by atoms with Crippen molar-refractivity contribution in [2.24, 2.45) is 0 Å². The Morgan fingerprint density at radius 1 is 1.83 bits per heavy atom. The molecule has 0 bridgehead atoms. The van der Waals surface area contributed by atoms with Crippen molar-refractivity contribution < 1.29 is 4.74 Å². The molecule has 1 fully saturated rings. The van der Waals surface area contributed by atoms with Crippen LogP contribution in [0.25, 0.3) is 0 Å². The first kappa shape index (κ1) is 3.47. The van der Waals surface area contributed by atoms with Gasteiger partial charge in [-0.15, -0.1) is 0 Å². The Morgan fingerprint density at radius 3 is 2.33 bits per heavy atom. The Balaban J connectivity index is 2.67. The molecule has 0 aromatic carbocycles. The summed E-state index contributed by atoms with van der Waals surface area (Å²) in [5.74, 6) is 1.76. The Bertz CT molecular complexity index is 111. The smallest absolute Gasteiger partial charge is 0.165 e. The summed E-state index contributed by atoms with van der Waals surface area (Å²) in [5, 5.41) is 0. The minimum atomic E-state index is 0.817. The quantitative estimate of drug-likeness (QED) is 0.403. The van der Waals surface area contributed by atoms with Crippen molar-refractivity contribution in [3.63, 3.8) is 0 Å². The third-order valence-electron chi connectivity index (χ3n) is 0.729. The lowest BCUT2D eigenvalue weighted by Gasteiger charge is -1.48. The molecule has 0 aromatic rings. The molecule has 0 spiro atoms. The molecule has 6 heavy (non-hydrogen) atoms. The number of ether oxygens (including phenoxy) is 1. The molecule has 1 nitrogen and oxygen atoms in total. The number of epoxide rings is 1. The number of rotatable bonds is 0. The lowest BCUT2D eigenvalue weighted by atomic mass is 10.5. The fourth-order valence-corrected chi connectivity index (χ4v) is 0.327. The van der Waals surface area contributed by atoms with Crippen LogP contribution in [0.4, 0.5) is 0 Å². The van der Waals surface area contributed by atoms with Gasteiger partial charge in [-0.05, 0) is 13.0 Å². The fourth-order valence-electron chi connectivity index (χ4n) is 0.327. The summed E-state index contributed by atoms with van der Waals surface area (Å²) in [6.45, 7) is 5.45. The lowest BCUT2D eigenvalue weighted by Crippen LogP contribution is -1.35. The van der Waals surface area contributed by atoms with Crippen LogP contribution in [0.1, 0.15) is 6.92 Å². The van der Waals surface area contributed by atoms with Gasteiger partial charge < -0.3 is 4.74 Å². The average molecular weight is 82.1 g/mol. The van der Waals surface area contributed by atoms with Crippen molar-refractivity contribution in [2.75, 3.05) is 0 Å². The summed E-state index contributed by atoms with van der Waals surface area (Å²) in [5.41, 5.74) is 0. The highest BCUT2D eigenvalue weighted by molar-refractivity contribution is 5.30. The van der Waals surface area contributed by atoms with Gasteiger partial charge in [-0.2, -0.15) is 0 Å². The van der Waals surface area contributed by atoms with Gasteiger partial charge in [0.1, 0.15) is 0 Å². The van der Waals surface area contributed by atoms with E-state index in [2.05, 4.69) is 6.58 Å². The molecule has 0 aliphatic carbocycles. The predicted octanol–water partition coefficient (Wildman–Crippen LogP) is 1.43.